The fourth-order valence-electron chi connectivity index (χ4n) is 1.74. The van der Waals surface area contributed by atoms with Gasteiger partial charge in [0.15, 0.2) is 0 Å². The molecular formula is C13H14BrF3N2O. The summed E-state index contributed by atoms with van der Waals surface area (Å²) in [4.78, 5) is 11.8. The van der Waals surface area contributed by atoms with E-state index in [1.54, 1.807) is 6.92 Å². The summed E-state index contributed by atoms with van der Waals surface area (Å²) in [5.41, 5.74) is -0.892. The fourth-order valence-corrected chi connectivity index (χ4v) is 2.10. The Labute approximate surface area is 123 Å². The number of hydrogen-bond acceptors (Lipinski definition) is 2. The monoisotopic (exact) mass is 350 g/mol. The van der Waals surface area contributed by atoms with Crippen LogP contribution in [-0.2, 0) is 11.0 Å². The normalized spacial score (nSPS) is 16.6. The van der Waals surface area contributed by atoms with Gasteiger partial charge in [-0.3, -0.25) is 4.79 Å². The van der Waals surface area contributed by atoms with Crippen molar-refractivity contribution in [3.63, 3.8) is 0 Å². The van der Waals surface area contributed by atoms with E-state index in [-0.39, 0.29) is 17.6 Å². The number of alkyl halides is 3. The van der Waals surface area contributed by atoms with E-state index in [0.29, 0.717) is 4.47 Å². The van der Waals surface area contributed by atoms with Crippen molar-refractivity contribution in [2.24, 2.45) is 0 Å². The van der Waals surface area contributed by atoms with Gasteiger partial charge in [0.2, 0.25) is 5.91 Å². The molecule has 1 aliphatic carbocycles. The lowest BCUT2D eigenvalue weighted by Gasteiger charge is -2.19. The van der Waals surface area contributed by atoms with Crippen LogP contribution in [0.3, 0.4) is 0 Å². The molecule has 1 unspecified atom stereocenters. The highest BCUT2D eigenvalue weighted by molar-refractivity contribution is 9.10. The molecule has 0 spiro atoms. The number of amides is 1. The van der Waals surface area contributed by atoms with Crippen LogP contribution in [0.5, 0.6) is 0 Å². The van der Waals surface area contributed by atoms with Gasteiger partial charge in [0, 0.05) is 16.2 Å². The van der Waals surface area contributed by atoms with E-state index in [1.807, 2.05) is 0 Å². The van der Waals surface area contributed by atoms with Crippen LogP contribution >= 0.6 is 15.9 Å². The maximum atomic E-state index is 12.9. The van der Waals surface area contributed by atoms with E-state index >= 15 is 0 Å². The first kappa shape index (κ1) is 15.2. The molecule has 3 nitrogen and oxygen atoms in total. The summed E-state index contributed by atoms with van der Waals surface area (Å²) in [6.07, 6.45) is -2.60. The third-order valence-corrected chi connectivity index (χ3v) is 3.47. The van der Waals surface area contributed by atoms with Gasteiger partial charge in [-0.2, -0.15) is 13.2 Å². The molecule has 0 aromatic heterocycles. The number of rotatable bonds is 4. The molecule has 7 heteroatoms. The first-order valence-electron chi connectivity index (χ1n) is 6.21. The van der Waals surface area contributed by atoms with Crippen LogP contribution in [0, 0.1) is 0 Å². The number of nitrogens with one attached hydrogen (secondary N) is 2. The third-order valence-electron chi connectivity index (χ3n) is 2.98. The Bertz CT molecular complexity index is 515. The molecule has 0 heterocycles. The number of halogens is 4. The second-order valence-electron chi connectivity index (χ2n) is 4.84. The van der Waals surface area contributed by atoms with Crippen LogP contribution in [0.15, 0.2) is 22.7 Å². The summed E-state index contributed by atoms with van der Waals surface area (Å²) in [5.74, 6) is -0.291. The molecule has 2 rings (SSSR count). The van der Waals surface area contributed by atoms with Gasteiger partial charge in [-0.05, 0) is 38.0 Å². The number of benzene rings is 1. The quantitative estimate of drug-likeness (QED) is 0.871. The largest absolute Gasteiger partial charge is 0.418 e. The van der Waals surface area contributed by atoms with Crippen LogP contribution in [-0.4, -0.2) is 18.0 Å². The van der Waals surface area contributed by atoms with Gasteiger partial charge in [0.25, 0.3) is 0 Å². The molecule has 1 aromatic rings. The van der Waals surface area contributed by atoms with Crippen molar-refractivity contribution in [1.82, 2.24) is 5.32 Å². The van der Waals surface area contributed by atoms with Gasteiger partial charge in [-0.25, -0.2) is 0 Å². The van der Waals surface area contributed by atoms with Crippen LogP contribution in [0.4, 0.5) is 18.9 Å². The zero-order valence-corrected chi connectivity index (χ0v) is 12.3. The third kappa shape index (κ3) is 3.88. The molecule has 0 bridgehead atoms. The summed E-state index contributed by atoms with van der Waals surface area (Å²) in [6, 6.07) is 3.08. The van der Waals surface area contributed by atoms with Crippen molar-refractivity contribution in [2.75, 3.05) is 5.32 Å². The van der Waals surface area contributed by atoms with Crippen molar-refractivity contribution in [3.05, 3.63) is 28.2 Å². The highest BCUT2D eigenvalue weighted by Crippen LogP contribution is 2.36. The van der Waals surface area contributed by atoms with Gasteiger partial charge >= 0.3 is 6.18 Å². The number of carbonyl (C=O) groups excluding carboxylic acids is 1. The summed E-state index contributed by atoms with van der Waals surface area (Å²) in [5, 5.41) is 5.38. The van der Waals surface area contributed by atoms with E-state index in [2.05, 4.69) is 26.6 Å². The second kappa shape index (κ2) is 5.63. The van der Waals surface area contributed by atoms with Crippen molar-refractivity contribution in [2.45, 2.75) is 38.0 Å². The van der Waals surface area contributed by atoms with Crippen molar-refractivity contribution in [3.8, 4) is 0 Å². The Balaban J connectivity index is 2.14. The summed E-state index contributed by atoms with van der Waals surface area (Å²) in [7, 11) is 0. The highest BCUT2D eigenvalue weighted by atomic mass is 79.9. The molecule has 1 saturated carbocycles. The van der Waals surface area contributed by atoms with Gasteiger partial charge in [0.05, 0.1) is 5.56 Å². The molecule has 0 saturated heterocycles. The Morgan fingerprint density at radius 1 is 1.40 bits per heavy atom. The minimum atomic E-state index is -4.46. The lowest BCUT2D eigenvalue weighted by atomic mass is 10.1. The van der Waals surface area contributed by atoms with E-state index in [1.165, 1.54) is 12.1 Å². The van der Waals surface area contributed by atoms with Crippen molar-refractivity contribution in [1.29, 1.82) is 0 Å². The van der Waals surface area contributed by atoms with E-state index in [0.717, 1.165) is 18.9 Å². The smallest absolute Gasteiger partial charge is 0.373 e. The number of carbonyl (C=O) groups is 1. The highest BCUT2D eigenvalue weighted by Gasteiger charge is 2.34. The first-order valence-corrected chi connectivity index (χ1v) is 7.00. The lowest BCUT2D eigenvalue weighted by molar-refractivity contribution is -0.137. The summed E-state index contributed by atoms with van der Waals surface area (Å²) >= 11 is 3.13. The van der Waals surface area contributed by atoms with Gasteiger partial charge < -0.3 is 10.6 Å². The van der Waals surface area contributed by atoms with Crippen molar-refractivity contribution >= 4 is 27.5 Å². The predicted octanol–water partition coefficient (Wildman–Crippen LogP) is 3.55. The van der Waals surface area contributed by atoms with Crippen LogP contribution in [0.25, 0.3) is 0 Å². The topological polar surface area (TPSA) is 41.1 Å². The Morgan fingerprint density at radius 2 is 2.05 bits per heavy atom. The second-order valence-corrected chi connectivity index (χ2v) is 5.75. The van der Waals surface area contributed by atoms with Crippen LogP contribution in [0.1, 0.15) is 25.3 Å². The zero-order valence-electron chi connectivity index (χ0n) is 10.7. The average Bonchev–Trinajstić information content (AvgIpc) is 3.11. The molecule has 0 radical (unpaired) electrons. The van der Waals surface area contributed by atoms with Gasteiger partial charge in [0.1, 0.15) is 6.04 Å². The standard InChI is InChI=1S/C13H14BrF3N2O/c1-7(12(20)19-9-3-4-9)18-11-6-8(14)2-5-10(11)13(15,16)17/h2,5-7,9,18H,3-4H2,1H3,(H,19,20). The molecule has 1 amide bonds. The Morgan fingerprint density at radius 3 is 2.60 bits per heavy atom. The maximum absolute atomic E-state index is 12.9. The van der Waals surface area contributed by atoms with Gasteiger partial charge in [-0.1, -0.05) is 15.9 Å². The number of hydrogen-bond donors (Lipinski definition) is 2. The van der Waals surface area contributed by atoms with Crippen LogP contribution < -0.4 is 10.6 Å². The predicted molar refractivity (Wildman–Crippen MR) is 73.4 cm³/mol. The summed E-state index contributed by atoms with van der Waals surface area (Å²) < 4.78 is 39.2. The summed E-state index contributed by atoms with van der Waals surface area (Å²) in [6.45, 7) is 1.54. The molecule has 1 aliphatic rings. The Hall–Kier alpha value is -1.24. The molecule has 0 aliphatic heterocycles. The fraction of sp³-hybridized carbons (Fsp3) is 0.462. The molecule has 110 valence electrons. The average molecular weight is 351 g/mol. The molecule has 1 aromatic carbocycles. The van der Waals surface area contributed by atoms with Crippen molar-refractivity contribution < 1.29 is 18.0 Å². The molecule has 1 atom stereocenters. The Kier molecular flexibility index (Phi) is 4.27. The minimum absolute atomic E-state index is 0.106. The van der Waals surface area contributed by atoms with Gasteiger partial charge in [-0.15, -0.1) is 0 Å². The number of anilines is 1. The SMILES string of the molecule is CC(Nc1cc(Br)ccc1C(F)(F)F)C(=O)NC1CC1. The van der Waals surface area contributed by atoms with Crippen LogP contribution in [0.2, 0.25) is 0 Å². The van der Waals surface area contributed by atoms with E-state index < -0.39 is 17.8 Å². The van der Waals surface area contributed by atoms with E-state index in [9.17, 15) is 18.0 Å². The molecular weight excluding hydrogens is 337 g/mol. The molecule has 20 heavy (non-hydrogen) atoms. The molecule has 2 N–H and O–H groups in total. The maximum Gasteiger partial charge on any atom is 0.418 e. The first-order chi connectivity index (χ1) is 9.27. The van der Waals surface area contributed by atoms with E-state index in [4.69, 9.17) is 0 Å². The lowest BCUT2D eigenvalue weighted by Crippen LogP contribution is -2.39. The molecule has 1 fully saturated rings. The zero-order chi connectivity index (χ0) is 14.9. The minimum Gasteiger partial charge on any atom is -0.373 e.